The highest BCUT2D eigenvalue weighted by Crippen LogP contribution is 2.44. The van der Waals surface area contributed by atoms with Crippen molar-refractivity contribution in [2.75, 3.05) is 6.61 Å². The predicted octanol–water partition coefficient (Wildman–Crippen LogP) is 3.93. The van der Waals surface area contributed by atoms with Gasteiger partial charge in [0, 0.05) is 16.1 Å². The van der Waals surface area contributed by atoms with Crippen molar-refractivity contribution in [2.45, 2.75) is 18.9 Å². The van der Waals surface area contributed by atoms with E-state index in [0.29, 0.717) is 22.4 Å². The van der Waals surface area contributed by atoms with Gasteiger partial charge < -0.3 is 10.5 Å². The molecule has 1 aromatic carbocycles. The van der Waals surface area contributed by atoms with E-state index in [1.807, 2.05) is 0 Å². The lowest BCUT2D eigenvalue weighted by Gasteiger charge is -2.16. The minimum Gasteiger partial charge on any atom is -0.492 e. The molecule has 82 valence electrons. The van der Waals surface area contributed by atoms with E-state index in [4.69, 9.17) is 33.7 Å². The minimum absolute atomic E-state index is 0.106. The molecule has 1 aliphatic rings. The molecule has 1 heterocycles. The summed E-state index contributed by atoms with van der Waals surface area (Å²) in [5.41, 5.74) is 6.85. The van der Waals surface area contributed by atoms with Gasteiger partial charge in [-0.1, -0.05) is 23.2 Å². The zero-order valence-corrected chi connectivity index (χ0v) is 11.0. The molecule has 0 bridgehead atoms. The van der Waals surface area contributed by atoms with Gasteiger partial charge in [-0.25, -0.2) is 0 Å². The molecule has 1 aliphatic heterocycles. The lowest BCUT2D eigenvalue weighted by atomic mass is 10.0. The van der Waals surface area contributed by atoms with Crippen LogP contribution < -0.4 is 10.5 Å². The Morgan fingerprint density at radius 2 is 2.20 bits per heavy atom. The maximum atomic E-state index is 6.19. The van der Waals surface area contributed by atoms with Crippen molar-refractivity contribution < 1.29 is 4.74 Å². The van der Waals surface area contributed by atoms with E-state index in [1.165, 1.54) is 0 Å². The molecule has 0 aromatic heterocycles. The summed E-state index contributed by atoms with van der Waals surface area (Å²) in [5.74, 6) is 0.634. The largest absolute Gasteiger partial charge is 0.492 e. The molecule has 0 amide bonds. The summed E-state index contributed by atoms with van der Waals surface area (Å²) in [7, 11) is 0. The van der Waals surface area contributed by atoms with Crippen LogP contribution in [0, 0.1) is 0 Å². The monoisotopic (exact) mass is 309 g/mol. The quantitative estimate of drug-likeness (QED) is 0.737. The second-order valence-electron chi connectivity index (χ2n) is 3.49. The van der Waals surface area contributed by atoms with Gasteiger partial charge in [-0.3, -0.25) is 0 Å². The molecular formula is C10H10BrCl2NO. The van der Waals surface area contributed by atoms with Crippen molar-refractivity contribution >= 4 is 39.1 Å². The average Bonchev–Trinajstić information content (AvgIpc) is 2.37. The molecule has 0 unspecified atom stereocenters. The van der Waals surface area contributed by atoms with Crippen molar-refractivity contribution in [3.05, 3.63) is 26.1 Å². The smallest absolute Gasteiger partial charge is 0.144 e. The van der Waals surface area contributed by atoms with E-state index in [-0.39, 0.29) is 6.04 Å². The number of fused-ring (bicyclic) bond motifs is 1. The molecule has 0 saturated carbocycles. The molecule has 2 nitrogen and oxygen atoms in total. The average molecular weight is 311 g/mol. The maximum absolute atomic E-state index is 6.19. The highest BCUT2D eigenvalue weighted by molar-refractivity contribution is 9.10. The topological polar surface area (TPSA) is 35.2 Å². The van der Waals surface area contributed by atoms with Gasteiger partial charge in [-0.05, 0) is 34.8 Å². The summed E-state index contributed by atoms with van der Waals surface area (Å²) in [6.07, 6.45) is 1.78. The fourth-order valence-corrected chi connectivity index (χ4v) is 2.82. The van der Waals surface area contributed by atoms with E-state index >= 15 is 0 Å². The number of rotatable bonds is 0. The number of halogens is 3. The first-order valence-electron chi connectivity index (χ1n) is 4.67. The van der Waals surface area contributed by atoms with Crippen molar-refractivity contribution in [3.63, 3.8) is 0 Å². The first-order valence-corrected chi connectivity index (χ1v) is 6.22. The Hall–Kier alpha value is 0.0400. The number of nitrogens with two attached hydrogens (primary N) is 1. The van der Waals surface area contributed by atoms with Crippen LogP contribution in [0.2, 0.25) is 10.0 Å². The normalized spacial score (nSPS) is 20.4. The molecule has 1 atom stereocenters. The van der Waals surface area contributed by atoms with Crippen LogP contribution in [-0.4, -0.2) is 6.61 Å². The molecule has 1 aromatic rings. The lowest BCUT2D eigenvalue weighted by molar-refractivity contribution is 0.316. The van der Waals surface area contributed by atoms with Crippen molar-refractivity contribution in [3.8, 4) is 5.75 Å². The highest BCUT2D eigenvalue weighted by Gasteiger charge is 2.23. The molecular weight excluding hydrogens is 301 g/mol. The predicted molar refractivity (Wildman–Crippen MR) is 65.8 cm³/mol. The van der Waals surface area contributed by atoms with E-state index < -0.39 is 0 Å². The molecule has 0 aliphatic carbocycles. The van der Waals surface area contributed by atoms with Crippen molar-refractivity contribution in [2.24, 2.45) is 5.73 Å². The summed E-state index contributed by atoms with van der Waals surface area (Å²) in [4.78, 5) is 0. The zero-order chi connectivity index (χ0) is 11.0. The summed E-state index contributed by atoms with van der Waals surface area (Å²) >= 11 is 15.6. The van der Waals surface area contributed by atoms with Crippen LogP contribution in [0.5, 0.6) is 5.75 Å². The first-order chi connectivity index (χ1) is 7.11. The summed E-state index contributed by atoms with van der Waals surface area (Å²) < 4.78 is 6.33. The van der Waals surface area contributed by atoms with Crippen LogP contribution in [0.25, 0.3) is 0 Å². The molecule has 2 N–H and O–H groups in total. The van der Waals surface area contributed by atoms with Crippen molar-refractivity contribution in [1.82, 2.24) is 0 Å². The second-order valence-corrected chi connectivity index (χ2v) is 5.13. The van der Waals surface area contributed by atoms with Crippen LogP contribution in [0.3, 0.4) is 0 Å². The first kappa shape index (κ1) is 11.5. The third kappa shape index (κ3) is 2.11. The zero-order valence-electron chi connectivity index (χ0n) is 7.90. The number of ether oxygens (including phenoxy) is 1. The van der Waals surface area contributed by atoms with Gasteiger partial charge in [-0.15, -0.1) is 0 Å². The van der Waals surface area contributed by atoms with E-state index in [9.17, 15) is 0 Å². The second kappa shape index (κ2) is 4.50. The molecule has 5 heteroatoms. The molecule has 2 rings (SSSR count). The molecule has 15 heavy (non-hydrogen) atoms. The molecule has 0 spiro atoms. The number of hydrogen-bond donors (Lipinski definition) is 1. The Balaban J connectivity index is 2.63. The van der Waals surface area contributed by atoms with Crippen LogP contribution in [0.15, 0.2) is 10.5 Å². The van der Waals surface area contributed by atoms with Gasteiger partial charge in [0.05, 0.1) is 16.7 Å². The Bertz CT molecular complexity index is 397. The third-order valence-electron chi connectivity index (χ3n) is 2.44. The maximum Gasteiger partial charge on any atom is 0.144 e. The van der Waals surface area contributed by atoms with Crippen molar-refractivity contribution in [1.29, 1.82) is 0 Å². The lowest BCUT2D eigenvalue weighted by Crippen LogP contribution is -2.10. The van der Waals surface area contributed by atoms with E-state index in [2.05, 4.69) is 15.9 Å². The van der Waals surface area contributed by atoms with Crippen LogP contribution in [0.1, 0.15) is 24.4 Å². The Labute approximate surface area is 107 Å². The van der Waals surface area contributed by atoms with Gasteiger partial charge in [0.1, 0.15) is 5.75 Å². The Kier molecular flexibility index (Phi) is 3.45. The highest BCUT2D eigenvalue weighted by atomic mass is 79.9. The minimum atomic E-state index is -0.106. The van der Waals surface area contributed by atoms with Crippen LogP contribution in [-0.2, 0) is 0 Å². The Morgan fingerprint density at radius 3 is 2.93 bits per heavy atom. The number of hydrogen-bond acceptors (Lipinski definition) is 2. The molecule has 0 fully saturated rings. The number of benzene rings is 1. The summed E-state index contributed by atoms with van der Waals surface area (Å²) in [6, 6.07) is 1.63. The van der Waals surface area contributed by atoms with E-state index in [0.717, 1.165) is 22.9 Å². The van der Waals surface area contributed by atoms with Gasteiger partial charge in [-0.2, -0.15) is 0 Å². The van der Waals surface area contributed by atoms with Gasteiger partial charge >= 0.3 is 0 Å². The third-order valence-corrected chi connectivity index (χ3v) is 3.98. The standard InChI is InChI=1S/C10H10BrCl2NO/c11-5-4-6(12)10-8(9(5)13)7(14)2-1-3-15-10/h4,7H,1-3,14H2/t7-/m1/s1. The summed E-state index contributed by atoms with van der Waals surface area (Å²) in [6.45, 7) is 0.637. The fraction of sp³-hybridized carbons (Fsp3) is 0.400. The van der Waals surface area contributed by atoms with Crippen LogP contribution in [0.4, 0.5) is 0 Å². The van der Waals surface area contributed by atoms with Gasteiger partial charge in [0.15, 0.2) is 0 Å². The Morgan fingerprint density at radius 1 is 1.47 bits per heavy atom. The van der Waals surface area contributed by atoms with Gasteiger partial charge in [0.25, 0.3) is 0 Å². The molecule has 0 saturated heterocycles. The van der Waals surface area contributed by atoms with E-state index in [1.54, 1.807) is 6.07 Å². The van der Waals surface area contributed by atoms with Crippen LogP contribution >= 0.6 is 39.1 Å². The SMILES string of the molecule is N[C@@H]1CCCOc2c(Cl)cc(Br)c(Cl)c21. The fourth-order valence-electron chi connectivity index (χ4n) is 1.70. The molecule has 0 radical (unpaired) electrons. The summed E-state index contributed by atoms with van der Waals surface area (Å²) in [5, 5.41) is 1.16. The van der Waals surface area contributed by atoms with Gasteiger partial charge in [0.2, 0.25) is 0 Å².